The number of aliphatic hydroxyl groups is 2. The van der Waals surface area contributed by atoms with E-state index in [2.05, 4.69) is 5.73 Å². The topological polar surface area (TPSA) is 104 Å². The Kier molecular flexibility index (Phi) is 8.69. The fourth-order valence-electron chi connectivity index (χ4n) is 3.10. The van der Waals surface area contributed by atoms with Gasteiger partial charge in [-0.3, -0.25) is 9.59 Å². The molecule has 3 N–H and O–H groups in total. The monoisotopic (exact) mass is 386 g/mol. The van der Waals surface area contributed by atoms with Crippen LogP contribution in [0.25, 0.3) is 0 Å². The molecule has 1 aliphatic carbocycles. The van der Waals surface area contributed by atoms with Gasteiger partial charge < -0.3 is 20.1 Å². The van der Waals surface area contributed by atoms with E-state index in [1.54, 1.807) is 36.4 Å². The molecule has 6 heteroatoms. The Morgan fingerprint density at radius 2 is 2.04 bits per heavy atom. The minimum absolute atomic E-state index is 0.0271. The normalized spacial score (nSPS) is 22.6. The van der Waals surface area contributed by atoms with Gasteiger partial charge in [-0.05, 0) is 37.1 Å². The third kappa shape index (κ3) is 7.16. The van der Waals surface area contributed by atoms with Gasteiger partial charge in [0.25, 0.3) is 0 Å². The van der Waals surface area contributed by atoms with Crippen LogP contribution >= 0.6 is 0 Å². The molecule has 28 heavy (non-hydrogen) atoms. The van der Waals surface area contributed by atoms with Crippen molar-refractivity contribution < 1.29 is 29.6 Å². The summed E-state index contributed by atoms with van der Waals surface area (Å²) in [7, 11) is 0. The maximum Gasteiger partial charge on any atom is 0.303 e. The largest absolute Gasteiger partial charge is 0.491 e. The number of benzene rings is 1. The first-order valence-corrected chi connectivity index (χ1v) is 9.33. The van der Waals surface area contributed by atoms with E-state index < -0.39 is 18.2 Å². The molecule has 150 valence electrons. The van der Waals surface area contributed by atoms with Crippen LogP contribution in [0.4, 0.5) is 0 Å². The second kappa shape index (κ2) is 11.2. The molecule has 0 aromatic heterocycles. The summed E-state index contributed by atoms with van der Waals surface area (Å²) in [5.41, 5.74) is 2.89. The zero-order valence-electron chi connectivity index (χ0n) is 15.6. The third-order valence-corrected chi connectivity index (χ3v) is 4.56. The highest BCUT2D eigenvalue weighted by Crippen LogP contribution is 2.33. The molecule has 1 aromatic rings. The number of para-hydroxylation sites is 1. The Balaban J connectivity index is 1.87. The van der Waals surface area contributed by atoms with Gasteiger partial charge in [-0.15, -0.1) is 5.73 Å². The maximum atomic E-state index is 12.1. The molecule has 0 radical (unpaired) electrons. The SMILES string of the molecule is O=C(O)CCC=C=CCC1C(=O)CC(O)C1C=CC(O)COc1ccccc1. The molecular weight excluding hydrogens is 360 g/mol. The predicted molar refractivity (Wildman–Crippen MR) is 104 cm³/mol. The van der Waals surface area contributed by atoms with Gasteiger partial charge >= 0.3 is 5.97 Å². The van der Waals surface area contributed by atoms with Gasteiger partial charge in [-0.2, -0.15) is 0 Å². The molecule has 0 bridgehead atoms. The second-order valence-electron chi connectivity index (χ2n) is 6.74. The minimum atomic E-state index is -0.868. The number of hydrogen-bond acceptors (Lipinski definition) is 5. The average molecular weight is 386 g/mol. The van der Waals surface area contributed by atoms with Crippen molar-refractivity contribution in [3.63, 3.8) is 0 Å². The highest BCUT2D eigenvalue weighted by atomic mass is 16.5. The van der Waals surface area contributed by atoms with Crippen molar-refractivity contribution in [1.82, 2.24) is 0 Å². The van der Waals surface area contributed by atoms with Crippen molar-refractivity contribution in [3.05, 3.63) is 60.4 Å². The molecule has 1 fully saturated rings. The summed E-state index contributed by atoms with van der Waals surface area (Å²) in [4.78, 5) is 22.6. The molecular formula is C22H26O6. The molecule has 4 atom stereocenters. The number of carbonyl (C=O) groups is 2. The van der Waals surface area contributed by atoms with Crippen LogP contribution in [0.1, 0.15) is 25.7 Å². The molecule has 0 saturated heterocycles. The number of hydrogen-bond donors (Lipinski definition) is 3. The van der Waals surface area contributed by atoms with E-state index in [0.717, 1.165) is 0 Å². The number of aliphatic carboxylic acids is 1. The maximum absolute atomic E-state index is 12.1. The molecule has 2 rings (SSSR count). The van der Waals surface area contributed by atoms with Gasteiger partial charge in [0.05, 0.1) is 6.10 Å². The molecule has 0 spiro atoms. The number of ketones is 1. The van der Waals surface area contributed by atoms with Gasteiger partial charge in [0.1, 0.15) is 24.2 Å². The quantitative estimate of drug-likeness (QED) is 0.422. The zero-order valence-corrected chi connectivity index (χ0v) is 15.6. The first-order chi connectivity index (χ1) is 13.5. The van der Waals surface area contributed by atoms with E-state index in [0.29, 0.717) is 18.6 Å². The van der Waals surface area contributed by atoms with Crippen LogP contribution in [0.15, 0.2) is 60.4 Å². The highest BCUT2D eigenvalue weighted by Gasteiger charge is 2.39. The van der Waals surface area contributed by atoms with Crippen LogP contribution in [-0.4, -0.2) is 45.9 Å². The number of carboxylic acid groups (broad SMARTS) is 1. The Labute approximate surface area is 164 Å². The third-order valence-electron chi connectivity index (χ3n) is 4.56. The van der Waals surface area contributed by atoms with E-state index >= 15 is 0 Å². The lowest BCUT2D eigenvalue weighted by Gasteiger charge is -2.16. The predicted octanol–water partition coefficient (Wildman–Crippen LogP) is 2.51. The van der Waals surface area contributed by atoms with E-state index in [4.69, 9.17) is 9.84 Å². The van der Waals surface area contributed by atoms with E-state index in [-0.39, 0.29) is 37.1 Å². The molecule has 0 aliphatic heterocycles. The van der Waals surface area contributed by atoms with Gasteiger partial charge in [-0.1, -0.05) is 30.4 Å². The van der Waals surface area contributed by atoms with Crippen LogP contribution in [0, 0.1) is 11.8 Å². The Morgan fingerprint density at radius 1 is 1.29 bits per heavy atom. The highest BCUT2D eigenvalue weighted by molar-refractivity contribution is 5.84. The summed E-state index contributed by atoms with van der Waals surface area (Å²) in [6, 6.07) is 9.14. The van der Waals surface area contributed by atoms with Crippen LogP contribution in [0.3, 0.4) is 0 Å². The fraction of sp³-hybridized carbons (Fsp3) is 0.409. The molecule has 6 nitrogen and oxygen atoms in total. The molecule has 1 saturated carbocycles. The van der Waals surface area contributed by atoms with E-state index in [9.17, 15) is 19.8 Å². The second-order valence-corrected chi connectivity index (χ2v) is 6.74. The first kappa shape index (κ1) is 21.6. The van der Waals surface area contributed by atoms with Crippen LogP contribution in [0.5, 0.6) is 5.75 Å². The van der Waals surface area contributed by atoms with Gasteiger partial charge in [0.2, 0.25) is 0 Å². The van der Waals surface area contributed by atoms with Crippen molar-refractivity contribution in [1.29, 1.82) is 0 Å². The van der Waals surface area contributed by atoms with E-state index in [1.807, 2.05) is 18.2 Å². The van der Waals surface area contributed by atoms with Crippen molar-refractivity contribution >= 4 is 11.8 Å². The lowest BCUT2D eigenvalue weighted by molar-refractivity contribution is -0.136. The Hall–Kier alpha value is -2.66. The number of allylic oxidation sites excluding steroid dienone is 1. The van der Waals surface area contributed by atoms with Crippen LogP contribution < -0.4 is 4.74 Å². The van der Waals surface area contributed by atoms with Gasteiger partial charge in [-0.25, -0.2) is 0 Å². The molecule has 0 heterocycles. The molecule has 1 aliphatic rings. The molecule has 1 aromatic carbocycles. The summed E-state index contributed by atoms with van der Waals surface area (Å²) in [5, 5.41) is 28.8. The lowest BCUT2D eigenvalue weighted by Crippen LogP contribution is -2.20. The number of carbonyl (C=O) groups excluding carboxylic acids is 1. The van der Waals surface area contributed by atoms with Gasteiger partial charge in [0.15, 0.2) is 0 Å². The Morgan fingerprint density at radius 3 is 2.75 bits per heavy atom. The average Bonchev–Trinajstić information content (AvgIpc) is 2.94. The lowest BCUT2D eigenvalue weighted by atomic mass is 9.90. The summed E-state index contributed by atoms with van der Waals surface area (Å²) in [6.45, 7) is 0.0775. The van der Waals surface area contributed by atoms with Crippen molar-refractivity contribution in [2.24, 2.45) is 11.8 Å². The smallest absolute Gasteiger partial charge is 0.303 e. The number of rotatable bonds is 10. The zero-order chi connectivity index (χ0) is 20.4. The first-order valence-electron chi connectivity index (χ1n) is 9.33. The van der Waals surface area contributed by atoms with Crippen molar-refractivity contribution in [3.8, 4) is 5.75 Å². The minimum Gasteiger partial charge on any atom is -0.491 e. The summed E-state index contributed by atoms with van der Waals surface area (Å²) < 4.78 is 5.48. The number of aliphatic hydroxyl groups excluding tert-OH is 2. The van der Waals surface area contributed by atoms with Gasteiger partial charge in [0, 0.05) is 24.7 Å². The fourth-order valence-corrected chi connectivity index (χ4v) is 3.10. The Bertz CT molecular complexity index is 733. The number of Topliss-reactive ketones (excluding diaryl/α,β-unsaturated/α-hetero) is 1. The number of carboxylic acids is 1. The van der Waals surface area contributed by atoms with Crippen molar-refractivity contribution in [2.45, 2.75) is 37.9 Å². The summed E-state index contributed by atoms with van der Waals surface area (Å²) >= 11 is 0. The van der Waals surface area contributed by atoms with Crippen LogP contribution in [0.2, 0.25) is 0 Å². The van der Waals surface area contributed by atoms with E-state index in [1.165, 1.54) is 0 Å². The van der Waals surface area contributed by atoms with Crippen LogP contribution in [-0.2, 0) is 9.59 Å². The summed E-state index contributed by atoms with van der Waals surface area (Å²) in [5.74, 6) is -0.999. The number of ether oxygens (including phenoxy) is 1. The standard InChI is InChI=1S/C22H26O6/c23-16(15-28-17-8-4-3-5-9-17)12-13-19-18(20(24)14-21(19)25)10-6-1-2-7-11-22(26)27/h2-6,8-9,12-13,16,18-19,21,23,25H,7,10-11,14-15H2,(H,26,27). The molecule has 4 unspecified atom stereocenters. The molecule has 0 amide bonds. The van der Waals surface area contributed by atoms with Crippen molar-refractivity contribution in [2.75, 3.05) is 6.61 Å². The summed E-state index contributed by atoms with van der Waals surface area (Å²) in [6.07, 6.45) is 5.84.